The van der Waals surface area contributed by atoms with Crippen LogP contribution in [0.5, 0.6) is 5.75 Å². The van der Waals surface area contributed by atoms with Gasteiger partial charge in [-0.1, -0.05) is 18.2 Å². The molecule has 10 nitrogen and oxygen atoms in total. The van der Waals surface area contributed by atoms with E-state index in [1.54, 1.807) is 21.3 Å². The number of aromatic nitrogens is 5. The Bertz CT molecular complexity index is 1430. The molecule has 0 bridgehead atoms. The molecule has 0 saturated carbocycles. The number of fused-ring (bicyclic) bond motifs is 1. The Balaban J connectivity index is 0.00000274. The number of rotatable bonds is 5. The summed E-state index contributed by atoms with van der Waals surface area (Å²) in [5.41, 5.74) is 7.01. The predicted molar refractivity (Wildman–Crippen MR) is 133 cm³/mol. The molecule has 0 unspecified atom stereocenters. The van der Waals surface area contributed by atoms with Gasteiger partial charge in [-0.15, -0.1) is 0 Å². The first-order valence-corrected chi connectivity index (χ1v) is 10.7. The Hall–Kier alpha value is -4.04. The van der Waals surface area contributed by atoms with E-state index in [1.165, 1.54) is 6.33 Å². The van der Waals surface area contributed by atoms with Gasteiger partial charge in [-0.05, 0) is 31.9 Å². The number of hydrogen-bond acceptors (Lipinski definition) is 8. The van der Waals surface area contributed by atoms with Gasteiger partial charge < -0.3 is 15.4 Å². The molecule has 1 saturated heterocycles. The van der Waals surface area contributed by atoms with Crippen LogP contribution < -0.4 is 20.9 Å². The van der Waals surface area contributed by atoms with E-state index in [2.05, 4.69) is 16.0 Å². The van der Waals surface area contributed by atoms with Crippen LogP contribution in [0.2, 0.25) is 0 Å². The van der Waals surface area contributed by atoms with Gasteiger partial charge in [0.2, 0.25) is 0 Å². The molecular weight excluding hydrogens is 452 g/mol. The number of para-hydroxylation sites is 1. The molecule has 0 amide bonds. The SMILES string of the molecule is CCOc1ccn2nc([C@@H]3CCCN3c3ncnc(N)c3C#N)n(-c3ccccc3)c(=O)c12.S. The smallest absolute Gasteiger partial charge is 0.286 e. The van der Waals surface area contributed by atoms with Crippen molar-refractivity contribution in [2.24, 2.45) is 0 Å². The maximum absolute atomic E-state index is 13.8. The Labute approximate surface area is 202 Å². The predicted octanol–water partition coefficient (Wildman–Crippen LogP) is 2.58. The molecule has 3 aromatic heterocycles. The topological polar surface area (TPSA) is 127 Å². The quantitative estimate of drug-likeness (QED) is 0.466. The molecule has 1 fully saturated rings. The van der Waals surface area contributed by atoms with Crippen molar-refractivity contribution in [2.75, 3.05) is 23.8 Å². The number of anilines is 2. The molecule has 11 heteroatoms. The van der Waals surface area contributed by atoms with E-state index in [0.29, 0.717) is 41.7 Å². The van der Waals surface area contributed by atoms with Crippen LogP contribution in [0, 0.1) is 11.3 Å². The minimum absolute atomic E-state index is 0. The van der Waals surface area contributed by atoms with Gasteiger partial charge >= 0.3 is 0 Å². The molecule has 174 valence electrons. The van der Waals surface area contributed by atoms with E-state index >= 15 is 0 Å². The van der Waals surface area contributed by atoms with E-state index in [1.807, 2.05) is 42.2 Å². The van der Waals surface area contributed by atoms with Gasteiger partial charge in [0.1, 0.15) is 23.8 Å². The van der Waals surface area contributed by atoms with Crippen LogP contribution in [0.1, 0.15) is 37.2 Å². The summed E-state index contributed by atoms with van der Waals surface area (Å²) in [6.07, 6.45) is 4.66. The number of nitrogens with zero attached hydrogens (tertiary/aromatic N) is 7. The maximum atomic E-state index is 13.8. The number of nitriles is 1. The highest BCUT2D eigenvalue weighted by atomic mass is 32.1. The molecule has 34 heavy (non-hydrogen) atoms. The lowest BCUT2D eigenvalue weighted by molar-refractivity contribution is 0.344. The first kappa shape index (κ1) is 23.1. The van der Waals surface area contributed by atoms with Crippen molar-refractivity contribution in [2.45, 2.75) is 25.8 Å². The number of ether oxygens (including phenoxy) is 1. The minimum atomic E-state index is -0.290. The minimum Gasteiger partial charge on any atom is -0.491 e. The van der Waals surface area contributed by atoms with E-state index in [0.717, 1.165) is 12.8 Å². The van der Waals surface area contributed by atoms with Crippen molar-refractivity contribution in [1.29, 1.82) is 5.26 Å². The zero-order chi connectivity index (χ0) is 22.9. The number of hydrogen-bond donors (Lipinski definition) is 1. The molecule has 4 heterocycles. The van der Waals surface area contributed by atoms with Crippen molar-refractivity contribution in [3.05, 3.63) is 70.7 Å². The van der Waals surface area contributed by atoms with Crippen LogP contribution in [0.4, 0.5) is 11.6 Å². The van der Waals surface area contributed by atoms with E-state index in [4.69, 9.17) is 15.6 Å². The van der Waals surface area contributed by atoms with Gasteiger partial charge in [-0.3, -0.25) is 9.36 Å². The summed E-state index contributed by atoms with van der Waals surface area (Å²) in [5.74, 6) is 1.62. The van der Waals surface area contributed by atoms with E-state index in [9.17, 15) is 10.1 Å². The average molecular weight is 477 g/mol. The monoisotopic (exact) mass is 476 g/mol. The number of nitrogen functional groups attached to an aromatic ring is 1. The van der Waals surface area contributed by atoms with E-state index in [-0.39, 0.29) is 36.5 Å². The van der Waals surface area contributed by atoms with Gasteiger partial charge in [0.25, 0.3) is 5.56 Å². The van der Waals surface area contributed by atoms with Gasteiger partial charge in [0.15, 0.2) is 22.9 Å². The van der Waals surface area contributed by atoms with Gasteiger partial charge in [0.05, 0.1) is 18.3 Å². The maximum Gasteiger partial charge on any atom is 0.286 e. The van der Waals surface area contributed by atoms with Gasteiger partial charge in [-0.25, -0.2) is 14.5 Å². The zero-order valence-corrected chi connectivity index (χ0v) is 19.5. The highest BCUT2D eigenvalue weighted by Crippen LogP contribution is 2.37. The highest BCUT2D eigenvalue weighted by Gasteiger charge is 2.34. The van der Waals surface area contributed by atoms with Crippen molar-refractivity contribution in [3.63, 3.8) is 0 Å². The van der Waals surface area contributed by atoms with E-state index < -0.39 is 0 Å². The summed E-state index contributed by atoms with van der Waals surface area (Å²) in [7, 11) is 0. The Morgan fingerprint density at radius 3 is 2.76 bits per heavy atom. The van der Waals surface area contributed by atoms with Crippen LogP contribution >= 0.6 is 13.5 Å². The summed E-state index contributed by atoms with van der Waals surface area (Å²) < 4.78 is 8.87. The lowest BCUT2D eigenvalue weighted by atomic mass is 10.1. The number of benzene rings is 1. The molecular formula is C23H24N8O2S. The fourth-order valence-corrected chi connectivity index (χ4v) is 4.37. The lowest BCUT2D eigenvalue weighted by Crippen LogP contribution is -2.33. The molecule has 1 aliphatic rings. The summed E-state index contributed by atoms with van der Waals surface area (Å²) in [4.78, 5) is 24.1. The molecule has 0 spiro atoms. The van der Waals surface area contributed by atoms with Crippen molar-refractivity contribution < 1.29 is 4.74 Å². The van der Waals surface area contributed by atoms with Crippen LogP contribution in [0.3, 0.4) is 0 Å². The third-order valence-corrected chi connectivity index (χ3v) is 5.78. The second kappa shape index (κ2) is 9.44. The third-order valence-electron chi connectivity index (χ3n) is 5.78. The number of nitrogens with two attached hydrogens (primary N) is 1. The summed E-state index contributed by atoms with van der Waals surface area (Å²) in [6.45, 7) is 2.96. The first-order valence-electron chi connectivity index (χ1n) is 10.7. The van der Waals surface area contributed by atoms with Crippen LogP contribution in [-0.4, -0.2) is 37.3 Å². The first-order chi connectivity index (χ1) is 16.1. The summed E-state index contributed by atoms with van der Waals surface area (Å²) >= 11 is 0. The lowest BCUT2D eigenvalue weighted by Gasteiger charge is -2.28. The molecule has 0 radical (unpaired) electrons. The molecule has 4 aromatic rings. The average Bonchev–Trinajstić information content (AvgIpc) is 3.47. The zero-order valence-electron chi connectivity index (χ0n) is 18.5. The van der Waals surface area contributed by atoms with Crippen LogP contribution in [0.15, 0.2) is 53.7 Å². The molecule has 0 aliphatic carbocycles. The van der Waals surface area contributed by atoms with Gasteiger partial charge in [0, 0.05) is 18.8 Å². The fraction of sp³-hybridized carbons (Fsp3) is 0.261. The second-order valence-corrected chi connectivity index (χ2v) is 7.66. The van der Waals surface area contributed by atoms with Crippen LogP contribution in [-0.2, 0) is 0 Å². The molecule has 5 rings (SSSR count). The highest BCUT2D eigenvalue weighted by molar-refractivity contribution is 7.59. The van der Waals surface area contributed by atoms with Crippen molar-refractivity contribution in [1.82, 2.24) is 24.1 Å². The third kappa shape index (κ3) is 3.72. The second-order valence-electron chi connectivity index (χ2n) is 7.66. The van der Waals surface area contributed by atoms with Crippen molar-refractivity contribution in [3.8, 4) is 17.5 Å². The molecule has 1 aromatic carbocycles. The Kier molecular flexibility index (Phi) is 6.43. The largest absolute Gasteiger partial charge is 0.491 e. The summed E-state index contributed by atoms with van der Waals surface area (Å²) in [6, 6.07) is 13.0. The van der Waals surface area contributed by atoms with Crippen molar-refractivity contribution >= 4 is 30.6 Å². The molecule has 2 N–H and O–H groups in total. The molecule has 1 aliphatic heterocycles. The van der Waals surface area contributed by atoms with Gasteiger partial charge in [-0.2, -0.15) is 23.9 Å². The normalized spacial score (nSPS) is 15.2. The Morgan fingerprint density at radius 2 is 2.03 bits per heavy atom. The Morgan fingerprint density at radius 1 is 1.24 bits per heavy atom. The summed E-state index contributed by atoms with van der Waals surface area (Å²) in [5, 5.41) is 14.5. The molecule has 1 atom stereocenters. The fourth-order valence-electron chi connectivity index (χ4n) is 4.37. The van der Waals surface area contributed by atoms with Crippen LogP contribution in [0.25, 0.3) is 11.2 Å². The standard InChI is InChI=1S/C23H22N8O2.H2S/c1-2-33-18-10-12-30-19(18)23(32)31(15-7-4-3-5-8-15)22(28-30)17-9-6-11-29(17)21-16(13-24)20(25)26-14-27-21;/h3-5,7-8,10,12,14,17H,2,6,9,11H2,1H3,(H2,25,26,27);1H2/t17-;/m0./s1.